The summed E-state index contributed by atoms with van der Waals surface area (Å²) in [5, 5.41) is 0. The number of ether oxygens (including phenoxy) is 5. The number of carbonyl (C=O) groups excluding carboxylic acids is 1. The molecule has 306 valence electrons. The van der Waals surface area contributed by atoms with Crippen molar-refractivity contribution in [3.63, 3.8) is 0 Å². The Labute approximate surface area is 255 Å². The highest BCUT2D eigenvalue weighted by atomic mass is 19.4. The standard InChI is InChI=1S/C16H3F29O6/c1-47-2(46)3(17,8(23,24)25)48-14(40,41)5(20,10(29,30)31)50-16(44,45)7(22,12(35,36)37)51-15(42,43)6(21,11(32,33)34)49-13(38,39)4(18,19)9(26,27)28/h1H3/t3-,5+,6+,7+/m0/s1. The average Bonchev–Trinajstić information content (AvgIpc) is 2.83. The quantitative estimate of drug-likeness (QED) is 0.137. The summed E-state index contributed by atoms with van der Waals surface area (Å²) in [6.45, 7) is 0. The third-order valence-electron chi connectivity index (χ3n) is 4.83. The second kappa shape index (κ2) is 12.7. The van der Waals surface area contributed by atoms with Gasteiger partial charge in [0.2, 0.25) is 0 Å². The predicted molar refractivity (Wildman–Crippen MR) is 86.7 cm³/mol. The predicted octanol–water partition coefficient (Wildman–Crippen LogP) is 8.71. The van der Waals surface area contributed by atoms with Crippen LogP contribution in [0.15, 0.2) is 0 Å². The maximum Gasteiger partial charge on any atom is 0.462 e. The minimum Gasteiger partial charge on any atom is -0.465 e. The second-order valence-electron chi connectivity index (χ2n) is 8.41. The summed E-state index contributed by atoms with van der Waals surface area (Å²) in [6.07, 6.45) is -77.4. The minimum absolute atomic E-state index is 0.505. The number of carbonyl (C=O) groups is 1. The molecule has 35 heteroatoms. The molecule has 51 heavy (non-hydrogen) atoms. The Hall–Kier alpha value is -2.72. The molecular formula is C16H3F29O6. The highest BCUT2D eigenvalue weighted by molar-refractivity contribution is 5.78. The first kappa shape index (κ1) is 48.3. The van der Waals surface area contributed by atoms with Crippen molar-refractivity contribution in [1.29, 1.82) is 0 Å². The summed E-state index contributed by atoms with van der Waals surface area (Å²) >= 11 is 0. The van der Waals surface area contributed by atoms with Crippen molar-refractivity contribution in [3.05, 3.63) is 0 Å². The summed E-state index contributed by atoms with van der Waals surface area (Å²) in [6, 6.07) is 0. The summed E-state index contributed by atoms with van der Waals surface area (Å²) in [5.41, 5.74) is 0. The molecule has 0 aliphatic heterocycles. The molecule has 6 nitrogen and oxygen atoms in total. The van der Waals surface area contributed by atoms with Crippen LogP contribution in [-0.4, -0.2) is 97.7 Å². The Bertz CT molecular complexity index is 1250. The number of hydrogen-bond acceptors (Lipinski definition) is 6. The highest BCUT2D eigenvalue weighted by Gasteiger charge is 2.90. The average molecular weight is 842 g/mol. The Morgan fingerprint density at radius 3 is 0.765 bits per heavy atom. The lowest BCUT2D eigenvalue weighted by molar-refractivity contribution is -0.592. The van der Waals surface area contributed by atoms with E-state index in [9.17, 15) is 132 Å². The van der Waals surface area contributed by atoms with E-state index in [1.807, 2.05) is 0 Å². The Morgan fingerprint density at radius 1 is 0.333 bits per heavy atom. The van der Waals surface area contributed by atoms with Crippen LogP contribution in [0.25, 0.3) is 0 Å². The van der Waals surface area contributed by atoms with Gasteiger partial charge in [0, 0.05) is 0 Å². The second-order valence-corrected chi connectivity index (χ2v) is 8.41. The fourth-order valence-corrected chi connectivity index (χ4v) is 2.33. The van der Waals surface area contributed by atoms with Crippen molar-refractivity contribution in [1.82, 2.24) is 0 Å². The van der Waals surface area contributed by atoms with Crippen molar-refractivity contribution in [2.24, 2.45) is 0 Å². The fourth-order valence-electron chi connectivity index (χ4n) is 2.33. The smallest absolute Gasteiger partial charge is 0.462 e. The van der Waals surface area contributed by atoms with Gasteiger partial charge in [-0.2, -0.15) is 127 Å². The molecule has 0 radical (unpaired) electrons. The molecule has 0 unspecified atom stereocenters. The third-order valence-corrected chi connectivity index (χ3v) is 4.83. The SMILES string of the molecule is COC(=O)[C@](F)(OC(F)(F)[C@](F)(OC(F)(F)[C@](F)(OC(F)(F)[C@](F)(OC(F)(F)C(F)(F)C(F)(F)F)C(F)(F)F)C(F)(F)F)C(F)(F)F)C(F)(F)F. The fraction of sp³-hybridized carbons (Fsp3) is 0.938. The van der Waals surface area contributed by atoms with E-state index in [1.165, 1.54) is 4.74 Å². The van der Waals surface area contributed by atoms with Crippen LogP contribution in [0.2, 0.25) is 0 Å². The zero-order chi connectivity index (χ0) is 42.1. The van der Waals surface area contributed by atoms with Gasteiger partial charge < -0.3 is 4.74 Å². The van der Waals surface area contributed by atoms with Crippen molar-refractivity contribution >= 4 is 5.97 Å². The van der Waals surface area contributed by atoms with E-state index >= 15 is 0 Å². The van der Waals surface area contributed by atoms with Gasteiger partial charge in [-0.25, -0.2) is 4.79 Å². The van der Waals surface area contributed by atoms with Crippen LogP contribution in [0.3, 0.4) is 0 Å². The zero-order valence-electron chi connectivity index (χ0n) is 21.9. The first-order chi connectivity index (χ1) is 21.6. The van der Waals surface area contributed by atoms with Gasteiger partial charge in [0.15, 0.2) is 0 Å². The number of esters is 1. The molecule has 0 saturated carbocycles. The molecule has 0 rings (SSSR count). The summed E-state index contributed by atoms with van der Waals surface area (Å²) in [4.78, 5) is 10.9. The van der Waals surface area contributed by atoms with E-state index in [1.54, 1.807) is 0 Å². The minimum atomic E-state index is -9.24. The van der Waals surface area contributed by atoms with Crippen molar-refractivity contribution in [2.75, 3.05) is 7.11 Å². The van der Waals surface area contributed by atoms with E-state index in [0.29, 0.717) is 0 Å². The maximum absolute atomic E-state index is 14.4. The van der Waals surface area contributed by atoms with Gasteiger partial charge in [-0.3, -0.25) is 18.9 Å². The van der Waals surface area contributed by atoms with Crippen LogP contribution >= 0.6 is 0 Å². The molecule has 0 bridgehead atoms. The van der Waals surface area contributed by atoms with Crippen molar-refractivity contribution in [2.45, 2.75) is 84.7 Å². The topological polar surface area (TPSA) is 63.2 Å². The normalized spacial score (nSPS) is 20.2. The first-order valence-electron chi connectivity index (χ1n) is 10.4. The molecule has 0 aromatic rings. The summed E-state index contributed by atoms with van der Waals surface area (Å²) in [5.74, 6) is -47.0. The molecule has 0 fully saturated rings. The lowest BCUT2D eigenvalue weighted by Gasteiger charge is -2.43. The van der Waals surface area contributed by atoms with Crippen LogP contribution in [0.5, 0.6) is 0 Å². The van der Waals surface area contributed by atoms with Gasteiger partial charge in [-0.05, 0) is 0 Å². The van der Waals surface area contributed by atoms with Gasteiger partial charge in [0.25, 0.3) is 0 Å². The van der Waals surface area contributed by atoms with Crippen LogP contribution in [0.1, 0.15) is 0 Å². The summed E-state index contributed by atoms with van der Waals surface area (Å²) in [7, 11) is -0.505. The lowest BCUT2D eigenvalue weighted by Crippen LogP contribution is -2.72. The highest BCUT2D eigenvalue weighted by Crippen LogP contribution is 2.61. The first-order valence-corrected chi connectivity index (χ1v) is 10.4. The zero-order valence-corrected chi connectivity index (χ0v) is 21.9. The number of alkyl halides is 29. The molecule has 0 saturated heterocycles. The van der Waals surface area contributed by atoms with Crippen molar-refractivity contribution < 1.29 is 156 Å². The van der Waals surface area contributed by atoms with Gasteiger partial charge in [0.1, 0.15) is 0 Å². The molecule has 0 aliphatic carbocycles. The Balaban J connectivity index is 7.72. The number of methoxy groups -OCH3 is 1. The van der Waals surface area contributed by atoms with Gasteiger partial charge in [0.05, 0.1) is 7.11 Å². The molecule has 4 atom stereocenters. The van der Waals surface area contributed by atoms with Gasteiger partial charge >= 0.3 is 90.6 Å². The van der Waals surface area contributed by atoms with E-state index in [-0.39, 0.29) is 0 Å². The molecule has 0 spiro atoms. The molecule has 0 N–H and O–H groups in total. The maximum atomic E-state index is 14.4. The van der Waals surface area contributed by atoms with Crippen LogP contribution in [0, 0.1) is 0 Å². The number of rotatable bonds is 13. The number of halogens is 29. The lowest BCUT2D eigenvalue weighted by atomic mass is 10.2. The molecule has 0 amide bonds. The molecule has 0 aromatic carbocycles. The molecule has 0 aliphatic rings. The van der Waals surface area contributed by atoms with E-state index in [0.717, 1.165) is 14.2 Å². The van der Waals surface area contributed by atoms with Crippen LogP contribution in [-0.2, 0) is 28.5 Å². The Morgan fingerprint density at radius 2 is 0.569 bits per heavy atom. The Kier molecular flexibility index (Phi) is 12.0. The van der Waals surface area contributed by atoms with E-state index < -0.39 is 97.7 Å². The van der Waals surface area contributed by atoms with E-state index in [4.69, 9.17) is 0 Å². The van der Waals surface area contributed by atoms with Gasteiger partial charge in [-0.15, -0.1) is 0 Å². The largest absolute Gasteiger partial charge is 0.465 e. The third kappa shape index (κ3) is 7.97. The molecular weight excluding hydrogens is 839 g/mol. The van der Waals surface area contributed by atoms with E-state index in [2.05, 4.69) is 4.74 Å². The van der Waals surface area contributed by atoms with Crippen LogP contribution in [0.4, 0.5) is 127 Å². The molecule has 0 aromatic heterocycles. The van der Waals surface area contributed by atoms with Gasteiger partial charge in [-0.1, -0.05) is 0 Å². The monoisotopic (exact) mass is 842 g/mol. The summed E-state index contributed by atoms with van der Waals surface area (Å²) < 4.78 is 392. The van der Waals surface area contributed by atoms with Crippen LogP contribution < -0.4 is 0 Å². The number of hydrogen-bond donors (Lipinski definition) is 0. The van der Waals surface area contributed by atoms with Crippen molar-refractivity contribution in [3.8, 4) is 0 Å². The molecule has 0 heterocycles.